The molecule has 6 atom stereocenters. The fraction of sp³-hybridized carbons (Fsp3) is 0.263. The second-order valence-corrected chi connectivity index (χ2v) is 13.5. The molecule has 0 saturated carbocycles. The smallest absolute Gasteiger partial charge is 0.0909 e. The highest BCUT2D eigenvalue weighted by molar-refractivity contribution is 9.10. The van der Waals surface area contributed by atoms with E-state index in [2.05, 4.69) is 31.9 Å². The van der Waals surface area contributed by atoms with E-state index in [1.54, 1.807) is 0 Å². The van der Waals surface area contributed by atoms with Crippen LogP contribution in [0.15, 0.2) is 142 Å². The molecule has 44 heavy (non-hydrogen) atoms. The number of hydrogen-bond donors (Lipinski definition) is 4. The monoisotopic (exact) mass is 716 g/mol. The molecule has 6 rings (SSSR count). The molecule has 4 N–H and O–H groups in total. The minimum absolute atomic E-state index is 0.671. The van der Waals surface area contributed by atoms with Crippen LogP contribution in [0.1, 0.15) is 72.4 Å². The van der Waals surface area contributed by atoms with Gasteiger partial charge in [0.2, 0.25) is 0 Å². The van der Waals surface area contributed by atoms with Gasteiger partial charge in [-0.25, -0.2) is 0 Å². The molecule has 0 bridgehead atoms. The Hall–Kier alpha value is -2.84. The van der Waals surface area contributed by atoms with Gasteiger partial charge in [-0.1, -0.05) is 141 Å². The summed E-state index contributed by atoms with van der Waals surface area (Å²) in [5.74, 6) is 0. The quantitative estimate of drug-likeness (QED) is 0.137. The summed E-state index contributed by atoms with van der Waals surface area (Å²) >= 11 is 6.82. The van der Waals surface area contributed by atoms with Gasteiger partial charge in [0.05, 0.1) is 24.4 Å². The van der Waals surface area contributed by atoms with E-state index >= 15 is 0 Å². The Labute approximate surface area is 276 Å². The van der Waals surface area contributed by atoms with Crippen molar-refractivity contribution in [3.63, 3.8) is 0 Å². The van der Waals surface area contributed by atoms with E-state index in [-0.39, 0.29) is 0 Å². The first-order valence-electron chi connectivity index (χ1n) is 15.0. The van der Waals surface area contributed by atoms with Crippen LogP contribution in [0.25, 0.3) is 0 Å². The SMILES string of the molecule is O[C@H](c1ccccc1)[C@@]1([C@@H](O)c2ccc(Br)cc2)C=CCC1.O[C@H](c1ccccc1)[C@@]1([C@@H](O)c2ccc(Br)cc2)C=CCC1. The Morgan fingerprint density at radius 3 is 1.00 bits per heavy atom. The second-order valence-electron chi connectivity index (χ2n) is 11.6. The summed E-state index contributed by atoms with van der Waals surface area (Å²) in [6.07, 6.45) is 8.34. The van der Waals surface area contributed by atoms with Crippen molar-refractivity contribution in [1.29, 1.82) is 0 Å². The van der Waals surface area contributed by atoms with E-state index in [1.807, 2.05) is 133 Å². The van der Waals surface area contributed by atoms with Crippen LogP contribution in [0.3, 0.4) is 0 Å². The van der Waals surface area contributed by atoms with Crippen molar-refractivity contribution in [3.05, 3.63) is 165 Å². The van der Waals surface area contributed by atoms with E-state index in [9.17, 15) is 20.4 Å². The molecule has 4 aromatic rings. The fourth-order valence-electron chi connectivity index (χ4n) is 6.45. The standard InChI is InChI=1S/2C19H19BrO2/c2*20-16-10-8-15(9-11-16)18(22)19(12-4-5-13-19)17(21)14-6-2-1-3-7-14/h2*1-4,6-12,17-18,21-22H,5,13H2/t2*17-,18+,19-/m11/s1. The predicted octanol–water partition coefficient (Wildman–Crippen LogP) is 9.11. The van der Waals surface area contributed by atoms with E-state index in [0.29, 0.717) is 0 Å². The molecule has 0 unspecified atom stereocenters. The van der Waals surface area contributed by atoms with E-state index in [4.69, 9.17) is 0 Å². The molecule has 4 aromatic carbocycles. The summed E-state index contributed by atoms with van der Waals surface area (Å²) in [6, 6.07) is 34.4. The third-order valence-electron chi connectivity index (χ3n) is 8.98. The molecule has 2 aliphatic carbocycles. The Morgan fingerprint density at radius 1 is 0.432 bits per heavy atom. The molecule has 2 aliphatic rings. The number of halogens is 2. The Balaban J connectivity index is 0.000000175. The number of rotatable bonds is 8. The zero-order valence-electron chi connectivity index (χ0n) is 24.4. The molecule has 0 aromatic heterocycles. The highest BCUT2D eigenvalue weighted by Crippen LogP contribution is 2.53. The Morgan fingerprint density at radius 2 is 0.727 bits per heavy atom. The summed E-state index contributed by atoms with van der Waals surface area (Å²) in [5.41, 5.74) is 1.98. The van der Waals surface area contributed by atoms with Crippen molar-refractivity contribution in [2.75, 3.05) is 0 Å². The summed E-state index contributed by atoms with van der Waals surface area (Å²) in [6.45, 7) is 0. The van der Waals surface area contributed by atoms with E-state index < -0.39 is 35.2 Å². The number of benzene rings is 4. The Bertz CT molecular complexity index is 1420. The average Bonchev–Trinajstić information content (AvgIpc) is 3.78. The zero-order valence-corrected chi connectivity index (χ0v) is 27.6. The van der Waals surface area contributed by atoms with Crippen molar-refractivity contribution in [3.8, 4) is 0 Å². The minimum Gasteiger partial charge on any atom is -0.387 e. The minimum atomic E-state index is -0.741. The van der Waals surface area contributed by atoms with Gasteiger partial charge < -0.3 is 20.4 Å². The summed E-state index contributed by atoms with van der Waals surface area (Å²) in [4.78, 5) is 0. The molecule has 0 saturated heterocycles. The second kappa shape index (κ2) is 14.5. The molecule has 228 valence electrons. The lowest BCUT2D eigenvalue weighted by Crippen LogP contribution is -2.32. The lowest BCUT2D eigenvalue weighted by molar-refractivity contribution is -0.0432. The molecule has 4 nitrogen and oxygen atoms in total. The largest absolute Gasteiger partial charge is 0.387 e. The lowest BCUT2D eigenvalue weighted by Gasteiger charge is -2.38. The first kappa shape index (κ1) is 32.6. The van der Waals surface area contributed by atoms with Crippen LogP contribution in [0.2, 0.25) is 0 Å². The molecule has 0 spiro atoms. The van der Waals surface area contributed by atoms with Gasteiger partial charge in [0, 0.05) is 19.8 Å². The number of allylic oxidation sites excluding steroid dienone is 2. The predicted molar refractivity (Wildman–Crippen MR) is 183 cm³/mol. The number of aliphatic hydroxyl groups is 4. The molecular formula is C38H38Br2O4. The van der Waals surface area contributed by atoms with Crippen LogP contribution in [-0.4, -0.2) is 20.4 Å². The highest BCUT2D eigenvalue weighted by atomic mass is 79.9. The van der Waals surface area contributed by atoms with Crippen LogP contribution >= 0.6 is 31.9 Å². The highest BCUT2D eigenvalue weighted by Gasteiger charge is 2.46. The molecule has 0 amide bonds. The lowest BCUT2D eigenvalue weighted by atomic mass is 9.71. The molecule has 0 radical (unpaired) electrons. The van der Waals surface area contributed by atoms with Crippen LogP contribution in [0.5, 0.6) is 0 Å². The van der Waals surface area contributed by atoms with Crippen molar-refractivity contribution >= 4 is 31.9 Å². The van der Waals surface area contributed by atoms with Crippen LogP contribution in [0.4, 0.5) is 0 Å². The maximum Gasteiger partial charge on any atom is 0.0909 e. The van der Waals surface area contributed by atoms with Gasteiger partial charge in [0.1, 0.15) is 0 Å². The summed E-state index contributed by atoms with van der Waals surface area (Å²) in [7, 11) is 0. The van der Waals surface area contributed by atoms with Crippen molar-refractivity contribution in [1.82, 2.24) is 0 Å². The molecular weight excluding hydrogens is 680 g/mol. The van der Waals surface area contributed by atoms with Gasteiger partial charge in [-0.05, 0) is 72.2 Å². The maximum atomic E-state index is 11.0. The van der Waals surface area contributed by atoms with Crippen LogP contribution in [-0.2, 0) is 0 Å². The summed E-state index contributed by atoms with van der Waals surface area (Å²) < 4.78 is 1.95. The third-order valence-corrected chi connectivity index (χ3v) is 10.0. The van der Waals surface area contributed by atoms with Crippen molar-refractivity contribution < 1.29 is 20.4 Å². The number of aliphatic hydroxyl groups excluding tert-OH is 4. The fourth-order valence-corrected chi connectivity index (χ4v) is 6.98. The van der Waals surface area contributed by atoms with Gasteiger partial charge in [-0.2, -0.15) is 0 Å². The summed E-state index contributed by atoms with van der Waals surface area (Å²) in [5, 5.41) is 43.8. The van der Waals surface area contributed by atoms with Crippen LogP contribution in [0, 0.1) is 10.8 Å². The average molecular weight is 719 g/mol. The zero-order chi connectivity index (χ0) is 31.2. The molecule has 0 aliphatic heterocycles. The number of hydrogen-bond acceptors (Lipinski definition) is 4. The molecule has 0 fully saturated rings. The Kier molecular flexibility index (Phi) is 10.7. The first-order valence-corrected chi connectivity index (χ1v) is 16.5. The van der Waals surface area contributed by atoms with Gasteiger partial charge >= 0.3 is 0 Å². The van der Waals surface area contributed by atoms with Crippen molar-refractivity contribution in [2.45, 2.75) is 50.1 Å². The molecule has 0 heterocycles. The third kappa shape index (κ3) is 6.86. The van der Waals surface area contributed by atoms with Crippen LogP contribution < -0.4 is 0 Å². The van der Waals surface area contributed by atoms with Gasteiger partial charge in [0.15, 0.2) is 0 Å². The first-order chi connectivity index (χ1) is 21.3. The van der Waals surface area contributed by atoms with Crippen molar-refractivity contribution in [2.24, 2.45) is 10.8 Å². The normalized spacial score (nSPS) is 23.4. The maximum absolute atomic E-state index is 11.0. The topological polar surface area (TPSA) is 80.9 Å². The van der Waals surface area contributed by atoms with Gasteiger partial charge in [0.25, 0.3) is 0 Å². The van der Waals surface area contributed by atoms with E-state index in [1.165, 1.54) is 0 Å². The van der Waals surface area contributed by atoms with E-state index in [0.717, 1.165) is 56.9 Å². The molecule has 6 heteroatoms. The van der Waals surface area contributed by atoms with Gasteiger partial charge in [-0.3, -0.25) is 0 Å². The van der Waals surface area contributed by atoms with Gasteiger partial charge in [-0.15, -0.1) is 0 Å².